The molecule has 0 saturated heterocycles. The summed E-state index contributed by atoms with van der Waals surface area (Å²) in [6.45, 7) is 0.459. The second-order valence-electron chi connectivity index (χ2n) is 5.31. The maximum Gasteiger partial charge on any atom is 0.263 e. The van der Waals surface area contributed by atoms with Gasteiger partial charge in [-0.2, -0.15) is 0 Å². The molecule has 5 nitrogen and oxygen atoms in total. The molecule has 0 fully saturated rings. The lowest BCUT2D eigenvalue weighted by Gasteiger charge is -2.04. The molecule has 24 heavy (non-hydrogen) atoms. The lowest BCUT2D eigenvalue weighted by atomic mass is 10.2. The van der Waals surface area contributed by atoms with Crippen LogP contribution in [-0.4, -0.2) is 20.3 Å². The third-order valence-electron chi connectivity index (χ3n) is 3.67. The largest absolute Gasteiger partial charge is 0.347 e. The summed E-state index contributed by atoms with van der Waals surface area (Å²) in [6, 6.07) is 13.8. The summed E-state index contributed by atoms with van der Waals surface area (Å²) < 4.78 is 1.93. The average molecular weight is 334 g/mol. The Bertz CT molecular complexity index is 990. The number of hydrogen-bond acceptors (Lipinski definition) is 4. The van der Waals surface area contributed by atoms with Crippen molar-refractivity contribution in [2.75, 3.05) is 0 Å². The predicted molar refractivity (Wildman–Crippen MR) is 93.9 cm³/mol. The minimum atomic E-state index is -0.113. The number of pyridine rings is 1. The fourth-order valence-electron chi connectivity index (χ4n) is 2.43. The highest BCUT2D eigenvalue weighted by Gasteiger charge is 2.11. The van der Waals surface area contributed by atoms with Crippen molar-refractivity contribution < 1.29 is 4.79 Å². The van der Waals surface area contributed by atoms with Crippen LogP contribution in [0.25, 0.3) is 16.2 Å². The number of fused-ring (bicyclic) bond motifs is 1. The minimum absolute atomic E-state index is 0.113. The number of aromatic nitrogens is 3. The van der Waals surface area contributed by atoms with Crippen molar-refractivity contribution in [3.05, 3.63) is 77.7 Å². The molecule has 0 spiro atoms. The molecule has 4 aromatic rings. The van der Waals surface area contributed by atoms with Crippen molar-refractivity contribution in [2.24, 2.45) is 0 Å². The maximum absolute atomic E-state index is 12.3. The Morgan fingerprint density at radius 3 is 2.88 bits per heavy atom. The number of hydrogen-bond donors (Lipinski definition) is 1. The normalized spacial score (nSPS) is 10.8. The van der Waals surface area contributed by atoms with Crippen LogP contribution in [0, 0.1) is 0 Å². The van der Waals surface area contributed by atoms with Crippen LogP contribution < -0.4 is 5.32 Å². The smallest absolute Gasteiger partial charge is 0.263 e. The van der Waals surface area contributed by atoms with E-state index in [1.807, 2.05) is 59.3 Å². The lowest BCUT2D eigenvalue weighted by molar-refractivity contribution is 0.0954. The second kappa shape index (κ2) is 6.25. The maximum atomic E-state index is 12.3. The zero-order valence-electron chi connectivity index (χ0n) is 12.7. The SMILES string of the molecule is O=C(NCc1ccn2ccnc2c1)c1cnc(-c2ccccc2)s1. The van der Waals surface area contributed by atoms with E-state index >= 15 is 0 Å². The van der Waals surface area contributed by atoms with Crippen LogP contribution in [0.4, 0.5) is 0 Å². The van der Waals surface area contributed by atoms with Crippen molar-refractivity contribution in [1.82, 2.24) is 19.7 Å². The van der Waals surface area contributed by atoms with Crippen LogP contribution >= 0.6 is 11.3 Å². The molecule has 0 radical (unpaired) electrons. The predicted octanol–water partition coefficient (Wildman–Crippen LogP) is 3.39. The topological polar surface area (TPSA) is 59.3 Å². The van der Waals surface area contributed by atoms with Gasteiger partial charge in [-0.3, -0.25) is 4.79 Å². The fraction of sp³-hybridized carbons (Fsp3) is 0.0556. The highest BCUT2D eigenvalue weighted by molar-refractivity contribution is 7.16. The van der Waals surface area contributed by atoms with Gasteiger partial charge in [-0.05, 0) is 17.7 Å². The van der Waals surface area contributed by atoms with Gasteiger partial charge >= 0.3 is 0 Å². The van der Waals surface area contributed by atoms with E-state index < -0.39 is 0 Å². The van der Waals surface area contributed by atoms with Crippen molar-refractivity contribution >= 4 is 22.9 Å². The van der Waals surface area contributed by atoms with Crippen molar-refractivity contribution in [3.8, 4) is 10.6 Å². The van der Waals surface area contributed by atoms with Gasteiger partial charge in [0.1, 0.15) is 15.5 Å². The zero-order chi connectivity index (χ0) is 16.4. The zero-order valence-corrected chi connectivity index (χ0v) is 13.5. The molecule has 0 aliphatic carbocycles. The standard InChI is InChI=1S/C18H14N4OS/c23-17(15-12-21-18(24-15)14-4-2-1-3-5-14)20-11-13-6-8-22-9-7-19-16(22)10-13/h1-10,12H,11H2,(H,20,23). The molecule has 118 valence electrons. The quantitative estimate of drug-likeness (QED) is 0.622. The molecule has 0 saturated carbocycles. The molecule has 3 aromatic heterocycles. The first-order valence-corrected chi connectivity index (χ1v) is 8.32. The van der Waals surface area contributed by atoms with Crippen molar-refractivity contribution in [1.29, 1.82) is 0 Å². The molecule has 6 heteroatoms. The molecular formula is C18H14N4OS. The van der Waals surface area contributed by atoms with Gasteiger partial charge in [0.2, 0.25) is 0 Å². The third-order valence-corrected chi connectivity index (χ3v) is 4.71. The van der Waals surface area contributed by atoms with Crippen molar-refractivity contribution in [3.63, 3.8) is 0 Å². The van der Waals surface area contributed by atoms with Crippen LogP contribution in [0.5, 0.6) is 0 Å². The van der Waals surface area contributed by atoms with E-state index in [1.54, 1.807) is 12.4 Å². The van der Waals surface area contributed by atoms with E-state index in [0.717, 1.165) is 21.8 Å². The Morgan fingerprint density at radius 1 is 1.12 bits per heavy atom. The Kier molecular flexibility index (Phi) is 3.80. The summed E-state index contributed by atoms with van der Waals surface area (Å²) in [5.41, 5.74) is 2.90. The molecule has 0 aliphatic rings. The van der Waals surface area contributed by atoms with Gasteiger partial charge in [0.25, 0.3) is 5.91 Å². The van der Waals surface area contributed by atoms with Crippen molar-refractivity contribution in [2.45, 2.75) is 6.54 Å². The molecule has 1 N–H and O–H groups in total. The van der Waals surface area contributed by atoms with Gasteiger partial charge in [-0.1, -0.05) is 30.3 Å². The summed E-state index contributed by atoms with van der Waals surface area (Å²) in [6.07, 6.45) is 7.20. The Morgan fingerprint density at radius 2 is 2.00 bits per heavy atom. The molecule has 3 heterocycles. The molecule has 0 unspecified atom stereocenters. The minimum Gasteiger partial charge on any atom is -0.347 e. The molecule has 0 atom stereocenters. The second-order valence-corrected chi connectivity index (χ2v) is 6.34. The van der Waals surface area contributed by atoms with Gasteiger partial charge in [-0.25, -0.2) is 9.97 Å². The lowest BCUT2D eigenvalue weighted by Crippen LogP contribution is -2.21. The van der Waals surface area contributed by atoms with E-state index in [9.17, 15) is 4.79 Å². The Labute approximate surface area is 142 Å². The number of imidazole rings is 1. The summed E-state index contributed by atoms with van der Waals surface area (Å²) in [7, 11) is 0. The van der Waals surface area contributed by atoms with Gasteiger partial charge in [0.15, 0.2) is 0 Å². The first kappa shape index (κ1) is 14.6. The third kappa shape index (κ3) is 2.91. The number of nitrogens with zero attached hydrogens (tertiary/aromatic N) is 3. The van der Waals surface area contributed by atoms with Crippen LogP contribution in [0.1, 0.15) is 15.2 Å². The first-order chi connectivity index (χ1) is 11.8. The molecular weight excluding hydrogens is 320 g/mol. The number of benzene rings is 1. The fourth-order valence-corrected chi connectivity index (χ4v) is 3.26. The summed E-state index contributed by atoms with van der Waals surface area (Å²) >= 11 is 1.39. The van der Waals surface area contributed by atoms with Gasteiger partial charge in [0.05, 0.1) is 6.20 Å². The number of thiazole rings is 1. The number of carbonyl (C=O) groups excluding carboxylic acids is 1. The van der Waals surface area contributed by atoms with Crippen LogP contribution in [0.2, 0.25) is 0 Å². The first-order valence-electron chi connectivity index (χ1n) is 7.51. The van der Waals surface area contributed by atoms with Gasteiger partial charge in [0, 0.05) is 30.7 Å². The Balaban J connectivity index is 1.45. The summed E-state index contributed by atoms with van der Waals surface area (Å²) in [4.78, 5) is 21.5. The van der Waals surface area contributed by atoms with E-state index in [1.165, 1.54) is 11.3 Å². The van der Waals surface area contributed by atoms with E-state index in [-0.39, 0.29) is 5.91 Å². The number of nitrogens with one attached hydrogen (secondary N) is 1. The molecule has 0 aliphatic heterocycles. The van der Waals surface area contributed by atoms with Gasteiger partial charge < -0.3 is 9.72 Å². The van der Waals surface area contributed by atoms with E-state index in [0.29, 0.717) is 11.4 Å². The van der Waals surface area contributed by atoms with E-state index in [2.05, 4.69) is 15.3 Å². The number of rotatable bonds is 4. The monoisotopic (exact) mass is 334 g/mol. The molecule has 1 amide bonds. The summed E-state index contributed by atoms with van der Waals surface area (Å²) in [5.74, 6) is -0.113. The average Bonchev–Trinajstić information content (AvgIpc) is 3.29. The van der Waals surface area contributed by atoms with Crippen LogP contribution in [-0.2, 0) is 6.54 Å². The highest BCUT2D eigenvalue weighted by atomic mass is 32.1. The number of amides is 1. The Hall–Kier alpha value is -2.99. The molecule has 4 rings (SSSR count). The number of carbonyl (C=O) groups is 1. The van der Waals surface area contributed by atoms with Crippen LogP contribution in [0.15, 0.2) is 67.3 Å². The molecule has 1 aromatic carbocycles. The van der Waals surface area contributed by atoms with Gasteiger partial charge in [-0.15, -0.1) is 11.3 Å². The highest BCUT2D eigenvalue weighted by Crippen LogP contribution is 2.24. The summed E-state index contributed by atoms with van der Waals surface area (Å²) in [5, 5.41) is 3.78. The molecule has 0 bridgehead atoms. The van der Waals surface area contributed by atoms with E-state index in [4.69, 9.17) is 0 Å². The van der Waals surface area contributed by atoms with Crippen LogP contribution in [0.3, 0.4) is 0 Å².